The SMILES string of the molecule is CCCO[C@H](C[C@H](C(C)C)N(CCC)C(=O)[C@@H](NC(=O)[C@H]1CCCCN1C)[C@@H](C)CC)c1nc(C(=O)N[C@@H](Cc2ccc(O)cc2)C[C@H](C)C(=O)NN)cs1. The lowest BCUT2D eigenvalue weighted by atomic mass is 9.92. The van der Waals surface area contributed by atoms with Crippen LogP contribution in [0.15, 0.2) is 29.6 Å². The number of amides is 4. The molecule has 1 aliphatic rings. The van der Waals surface area contributed by atoms with Crippen LogP contribution in [-0.2, 0) is 25.5 Å². The summed E-state index contributed by atoms with van der Waals surface area (Å²) >= 11 is 1.35. The average molecular weight is 786 g/mol. The molecule has 6 N–H and O–H groups in total. The Hall–Kier alpha value is -3.59. The van der Waals surface area contributed by atoms with E-state index >= 15 is 0 Å². The Morgan fingerprint density at radius 2 is 1.75 bits per heavy atom. The molecule has 0 unspecified atom stereocenters. The smallest absolute Gasteiger partial charge is 0.270 e. The van der Waals surface area contributed by atoms with Gasteiger partial charge < -0.3 is 25.4 Å². The molecule has 1 aromatic heterocycles. The van der Waals surface area contributed by atoms with Gasteiger partial charge in [0.2, 0.25) is 17.7 Å². The van der Waals surface area contributed by atoms with Crippen molar-refractivity contribution in [2.75, 3.05) is 26.7 Å². The third-order valence-corrected chi connectivity index (χ3v) is 11.7. The van der Waals surface area contributed by atoms with Gasteiger partial charge in [-0.3, -0.25) is 29.5 Å². The second-order valence-electron chi connectivity index (χ2n) is 15.6. The van der Waals surface area contributed by atoms with E-state index in [9.17, 15) is 24.3 Å². The number of nitrogens with one attached hydrogen (secondary N) is 3. The minimum absolute atomic E-state index is 0.0600. The summed E-state index contributed by atoms with van der Waals surface area (Å²) in [4.78, 5) is 63.1. The van der Waals surface area contributed by atoms with Gasteiger partial charge in [-0.05, 0) is 81.6 Å². The Kier molecular flexibility index (Phi) is 19.0. The van der Waals surface area contributed by atoms with Crippen molar-refractivity contribution >= 4 is 35.0 Å². The van der Waals surface area contributed by atoms with Gasteiger partial charge in [0, 0.05) is 43.0 Å². The number of nitrogens with zero attached hydrogens (tertiary/aromatic N) is 3. The summed E-state index contributed by atoms with van der Waals surface area (Å²) in [6.07, 6.45) is 5.88. The van der Waals surface area contributed by atoms with Crippen LogP contribution in [0.3, 0.4) is 0 Å². The largest absolute Gasteiger partial charge is 0.508 e. The summed E-state index contributed by atoms with van der Waals surface area (Å²) in [7, 11) is 1.98. The highest BCUT2D eigenvalue weighted by Gasteiger charge is 2.38. The minimum atomic E-state index is -0.654. The third kappa shape index (κ3) is 13.5. The third-order valence-electron chi connectivity index (χ3n) is 10.8. The number of phenols is 1. The number of piperidine rings is 1. The van der Waals surface area contributed by atoms with E-state index in [0.717, 1.165) is 50.6 Å². The number of carbonyl (C=O) groups excluding carboxylic acids is 4. The molecule has 55 heavy (non-hydrogen) atoms. The molecule has 1 saturated heterocycles. The fourth-order valence-corrected chi connectivity index (χ4v) is 8.12. The van der Waals surface area contributed by atoms with Crippen LogP contribution in [0.2, 0.25) is 0 Å². The number of nitrogens with two attached hydrogens (primary N) is 1. The zero-order valence-corrected chi connectivity index (χ0v) is 35.1. The predicted octanol–water partition coefficient (Wildman–Crippen LogP) is 5.34. The molecule has 1 aromatic carbocycles. The first-order chi connectivity index (χ1) is 26.2. The summed E-state index contributed by atoms with van der Waals surface area (Å²) in [5.41, 5.74) is 3.32. The molecule has 2 heterocycles. The fourth-order valence-electron chi connectivity index (χ4n) is 7.26. The molecule has 13 nitrogen and oxygen atoms in total. The van der Waals surface area contributed by atoms with Gasteiger partial charge in [-0.1, -0.05) is 73.4 Å². The van der Waals surface area contributed by atoms with E-state index in [2.05, 4.69) is 41.7 Å². The number of likely N-dealkylation sites (tertiary alicyclic amines) is 1. The molecule has 7 atom stereocenters. The number of carbonyl (C=O) groups is 4. The van der Waals surface area contributed by atoms with E-state index in [-0.39, 0.29) is 59.0 Å². The number of benzene rings is 1. The topological polar surface area (TPSA) is 179 Å². The highest BCUT2D eigenvalue weighted by atomic mass is 32.1. The number of thiazole rings is 1. The molecule has 3 rings (SSSR count). The van der Waals surface area contributed by atoms with E-state index in [1.54, 1.807) is 36.6 Å². The molecule has 1 fully saturated rings. The maximum Gasteiger partial charge on any atom is 0.270 e. The molecule has 0 saturated carbocycles. The van der Waals surface area contributed by atoms with Gasteiger partial charge in [-0.2, -0.15) is 0 Å². The molecule has 0 spiro atoms. The van der Waals surface area contributed by atoms with Crippen LogP contribution >= 0.6 is 11.3 Å². The summed E-state index contributed by atoms with van der Waals surface area (Å²) in [6.45, 7) is 16.0. The number of phenolic OH excluding ortho intramolecular Hbond substituents is 1. The number of rotatable bonds is 22. The Morgan fingerprint density at radius 1 is 1.04 bits per heavy atom. The standard InChI is InChI=1S/C41H67N7O6S/c1-9-19-48(41(53)36(27(6)11-3)45-39(52)33-14-12-13-20-47(33)8)34(26(4)5)24-35(54-21-10-2)40-44-32(25-55-40)38(51)43-30(22-28(7)37(50)46-42)23-29-15-17-31(49)18-16-29/h15-18,25-28,30,33-36,49H,9-14,19-24,42H2,1-8H3,(H,43,51)(H,45,52)(H,46,50)/t27-,28-,30+,33+,34+,35+,36-/m0/s1. The minimum Gasteiger partial charge on any atom is -0.508 e. The summed E-state index contributed by atoms with van der Waals surface area (Å²) < 4.78 is 6.43. The van der Waals surface area contributed by atoms with Crippen LogP contribution in [0.5, 0.6) is 5.75 Å². The Balaban J connectivity index is 1.87. The number of ether oxygens (including phenoxy) is 1. The first kappa shape index (κ1) is 45.8. The highest BCUT2D eigenvalue weighted by molar-refractivity contribution is 7.09. The molecule has 14 heteroatoms. The lowest BCUT2D eigenvalue weighted by molar-refractivity contribution is -0.143. The Labute approximate surface area is 332 Å². The molecule has 0 bridgehead atoms. The van der Waals surface area contributed by atoms with Crippen molar-refractivity contribution in [2.45, 2.75) is 137 Å². The quantitative estimate of drug-likeness (QED) is 0.0599. The van der Waals surface area contributed by atoms with Crippen molar-refractivity contribution in [3.05, 3.63) is 45.9 Å². The van der Waals surface area contributed by atoms with E-state index in [4.69, 9.17) is 15.6 Å². The number of hydrogen-bond donors (Lipinski definition) is 5. The zero-order chi connectivity index (χ0) is 40.7. The molecule has 4 amide bonds. The number of aromatic hydroxyl groups is 1. The van der Waals surface area contributed by atoms with Gasteiger partial charge in [0.1, 0.15) is 28.6 Å². The zero-order valence-electron chi connectivity index (χ0n) is 34.3. The number of hydrazine groups is 1. The van der Waals surface area contributed by atoms with Gasteiger partial charge >= 0.3 is 0 Å². The molecule has 0 aliphatic carbocycles. The van der Waals surface area contributed by atoms with Crippen molar-refractivity contribution < 1.29 is 29.0 Å². The van der Waals surface area contributed by atoms with Gasteiger partial charge in [0.25, 0.3) is 5.91 Å². The lowest BCUT2D eigenvalue weighted by Gasteiger charge is -2.40. The molecule has 1 aliphatic heterocycles. The second-order valence-corrected chi connectivity index (χ2v) is 16.4. The summed E-state index contributed by atoms with van der Waals surface area (Å²) in [5, 5.41) is 18.4. The van der Waals surface area contributed by atoms with Crippen molar-refractivity contribution in [2.24, 2.45) is 23.6 Å². The van der Waals surface area contributed by atoms with Gasteiger partial charge in [-0.25, -0.2) is 10.8 Å². The molecular weight excluding hydrogens is 719 g/mol. The maximum atomic E-state index is 14.6. The van der Waals surface area contributed by atoms with Gasteiger partial charge in [0.15, 0.2) is 0 Å². The summed E-state index contributed by atoms with van der Waals surface area (Å²) in [6, 6.07) is 5.20. The van der Waals surface area contributed by atoms with Crippen LogP contribution in [-0.4, -0.2) is 94.4 Å². The normalized spacial score (nSPS) is 18.1. The van der Waals surface area contributed by atoms with E-state index < -0.39 is 24.1 Å². The van der Waals surface area contributed by atoms with Crippen LogP contribution in [0, 0.1) is 17.8 Å². The molecule has 0 radical (unpaired) electrons. The molecule has 308 valence electrons. The summed E-state index contributed by atoms with van der Waals surface area (Å²) in [5.74, 6) is 4.21. The van der Waals surface area contributed by atoms with Crippen LogP contribution in [0.1, 0.15) is 127 Å². The molecular formula is C41H67N7O6S. The Morgan fingerprint density at radius 3 is 2.35 bits per heavy atom. The first-order valence-electron chi connectivity index (χ1n) is 20.2. The lowest BCUT2D eigenvalue weighted by Crippen LogP contribution is -2.58. The number of aromatic nitrogens is 1. The van der Waals surface area contributed by atoms with Crippen LogP contribution < -0.4 is 21.9 Å². The molecule has 2 aromatic rings. The van der Waals surface area contributed by atoms with Crippen molar-refractivity contribution in [3.63, 3.8) is 0 Å². The predicted molar refractivity (Wildman–Crippen MR) is 217 cm³/mol. The van der Waals surface area contributed by atoms with Crippen LogP contribution in [0.4, 0.5) is 0 Å². The van der Waals surface area contributed by atoms with Crippen molar-refractivity contribution in [3.8, 4) is 5.75 Å². The van der Waals surface area contributed by atoms with E-state index in [0.29, 0.717) is 37.4 Å². The van der Waals surface area contributed by atoms with Gasteiger partial charge in [0.05, 0.1) is 6.04 Å². The second kappa shape index (κ2) is 22.8. The van der Waals surface area contributed by atoms with Crippen LogP contribution in [0.25, 0.3) is 0 Å². The number of likely N-dealkylation sites (N-methyl/N-ethyl adjacent to an activating group) is 1. The maximum absolute atomic E-state index is 14.6. The van der Waals surface area contributed by atoms with E-state index in [1.165, 1.54) is 11.3 Å². The average Bonchev–Trinajstić information content (AvgIpc) is 3.67. The first-order valence-corrected chi connectivity index (χ1v) is 21.1. The fraction of sp³-hybridized carbons (Fsp3) is 0.683. The highest BCUT2D eigenvalue weighted by Crippen LogP contribution is 2.32. The van der Waals surface area contributed by atoms with Crippen molar-refractivity contribution in [1.29, 1.82) is 0 Å². The van der Waals surface area contributed by atoms with E-state index in [1.807, 2.05) is 32.7 Å². The Bertz CT molecular complexity index is 1500. The van der Waals surface area contributed by atoms with Crippen molar-refractivity contribution in [1.82, 2.24) is 30.8 Å². The number of hydrogen-bond acceptors (Lipinski definition) is 10. The monoisotopic (exact) mass is 785 g/mol. The van der Waals surface area contributed by atoms with Gasteiger partial charge in [-0.15, -0.1) is 11.3 Å².